The van der Waals surface area contributed by atoms with Gasteiger partial charge in [-0.2, -0.15) is 12.7 Å². The second-order valence-electron chi connectivity index (χ2n) is 5.44. The van der Waals surface area contributed by atoms with E-state index in [1.165, 1.54) is 20.7 Å². The molecule has 0 unspecified atom stereocenters. The van der Waals surface area contributed by atoms with Gasteiger partial charge in [0.05, 0.1) is 5.69 Å². The molecule has 0 aliphatic carbocycles. The van der Waals surface area contributed by atoms with Crippen molar-refractivity contribution < 1.29 is 12.8 Å². The van der Waals surface area contributed by atoms with Crippen molar-refractivity contribution in [1.82, 2.24) is 4.31 Å². The van der Waals surface area contributed by atoms with Crippen molar-refractivity contribution in [1.29, 1.82) is 0 Å². The summed E-state index contributed by atoms with van der Waals surface area (Å²) >= 11 is 0. The van der Waals surface area contributed by atoms with E-state index >= 15 is 0 Å². The lowest BCUT2D eigenvalue weighted by molar-refractivity contribution is 0.469. The van der Waals surface area contributed by atoms with E-state index < -0.39 is 10.2 Å². The maximum absolute atomic E-state index is 13.4. The zero-order valence-electron chi connectivity index (χ0n) is 12.1. The fourth-order valence-electron chi connectivity index (χ4n) is 2.51. The van der Waals surface area contributed by atoms with Crippen LogP contribution in [0.2, 0.25) is 0 Å². The molecule has 0 bridgehead atoms. The third kappa shape index (κ3) is 2.81. The fourth-order valence-corrected chi connectivity index (χ4v) is 4.39. The highest BCUT2D eigenvalue weighted by atomic mass is 32.2. The Kier molecular flexibility index (Phi) is 4.34. The molecule has 1 aromatic carbocycles. The predicted molar refractivity (Wildman–Crippen MR) is 78.5 cm³/mol. The standard InChI is InChI=1S/C14H21FN2O2S/c1-11(2)17(13-6-7-14(15)12(3)10-13)20(18,19)16-8-4-5-9-16/h6-7,10-11H,4-5,8-9H2,1-3H3. The van der Waals surface area contributed by atoms with Crippen LogP contribution >= 0.6 is 0 Å². The molecule has 0 saturated carbocycles. The molecule has 1 fully saturated rings. The van der Waals surface area contributed by atoms with Crippen LogP contribution in [-0.4, -0.2) is 31.9 Å². The van der Waals surface area contributed by atoms with Gasteiger partial charge in [0, 0.05) is 19.1 Å². The lowest BCUT2D eigenvalue weighted by Gasteiger charge is -2.32. The summed E-state index contributed by atoms with van der Waals surface area (Å²) in [5.74, 6) is -0.323. The fraction of sp³-hybridized carbons (Fsp3) is 0.571. The molecule has 6 heteroatoms. The molecule has 0 radical (unpaired) electrons. The number of anilines is 1. The van der Waals surface area contributed by atoms with Crippen LogP contribution in [0.5, 0.6) is 0 Å². The van der Waals surface area contributed by atoms with E-state index in [2.05, 4.69) is 0 Å². The van der Waals surface area contributed by atoms with Crippen molar-refractivity contribution >= 4 is 15.9 Å². The van der Waals surface area contributed by atoms with E-state index in [1.54, 1.807) is 13.0 Å². The number of hydrogen-bond donors (Lipinski definition) is 0. The third-order valence-electron chi connectivity index (χ3n) is 3.50. The zero-order chi connectivity index (χ0) is 14.9. The van der Waals surface area contributed by atoms with Crippen LogP contribution in [-0.2, 0) is 10.2 Å². The van der Waals surface area contributed by atoms with Gasteiger partial charge >= 0.3 is 10.2 Å². The lowest BCUT2D eigenvalue weighted by atomic mass is 10.2. The van der Waals surface area contributed by atoms with Crippen molar-refractivity contribution in [3.05, 3.63) is 29.6 Å². The zero-order valence-corrected chi connectivity index (χ0v) is 13.0. The van der Waals surface area contributed by atoms with Crippen molar-refractivity contribution in [3.8, 4) is 0 Å². The first-order chi connectivity index (χ1) is 9.34. The molecule has 0 N–H and O–H groups in total. The number of benzene rings is 1. The summed E-state index contributed by atoms with van der Waals surface area (Å²) in [4.78, 5) is 0. The smallest absolute Gasteiger partial charge is 0.255 e. The first-order valence-electron chi connectivity index (χ1n) is 6.89. The minimum atomic E-state index is -3.54. The van der Waals surface area contributed by atoms with Gasteiger partial charge in [0.2, 0.25) is 0 Å². The molecule has 1 aromatic rings. The minimum Gasteiger partial charge on any atom is -0.255 e. The Morgan fingerprint density at radius 3 is 2.35 bits per heavy atom. The number of hydrogen-bond acceptors (Lipinski definition) is 2. The number of rotatable bonds is 4. The second-order valence-corrected chi connectivity index (χ2v) is 7.24. The first kappa shape index (κ1) is 15.3. The molecule has 1 aliphatic heterocycles. The van der Waals surface area contributed by atoms with Crippen molar-refractivity contribution in [2.45, 2.75) is 39.7 Å². The number of nitrogens with zero attached hydrogens (tertiary/aromatic N) is 2. The maximum Gasteiger partial charge on any atom is 0.304 e. The second kappa shape index (κ2) is 5.69. The Balaban J connectivity index is 2.42. The highest BCUT2D eigenvalue weighted by Crippen LogP contribution is 2.27. The molecule has 20 heavy (non-hydrogen) atoms. The van der Waals surface area contributed by atoms with Gasteiger partial charge in [0.25, 0.3) is 0 Å². The molecule has 0 atom stereocenters. The SMILES string of the molecule is Cc1cc(N(C(C)C)S(=O)(=O)N2CCCC2)ccc1F. The van der Waals surface area contributed by atoms with E-state index in [4.69, 9.17) is 0 Å². The van der Waals surface area contributed by atoms with Crippen LogP contribution in [0.1, 0.15) is 32.3 Å². The normalized spacial score (nSPS) is 16.9. The molecule has 0 aromatic heterocycles. The van der Waals surface area contributed by atoms with Gasteiger partial charge in [-0.25, -0.2) is 4.39 Å². The number of halogens is 1. The maximum atomic E-state index is 13.4. The topological polar surface area (TPSA) is 40.6 Å². The summed E-state index contributed by atoms with van der Waals surface area (Å²) in [6, 6.07) is 4.21. The van der Waals surface area contributed by atoms with Gasteiger partial charge in [0.15, 0.2) is 0 Å². The van der Waals surface area contributed by atoms with Crippen LogP contribution in [0.15, 0.2) is 18.2 Å². The molecule has 4 nitrogen and oxygen atoms in total. The average Bonchev–Trinajstić information content (AvgIpc) is 2.87. The summed E-state index contributed by atoms with van der Waals surface area (Å²) in [6.45, 7) is 6.41. The quantitative estimate of drug-likeness (QED) is 0.858. The molecule has 1 saturated heterocycles. The van der Waals surface area contributed by atoms with E-state index in [0.717, 1.165) is 12.8 Å². The van der Waals surface area contributed by atoms with Gasteiger partial charge in [-0.3, -0.25) is 4.31 Å². The van der Waals surface area contributed by atoms with Crippen molar-refractivity contribution in [2.75, 3.05) is 17.4 Å². The molecule has 1 aliphatic rings. The summed E-state index contributed by atoms with van der Waals surface area (Å²) < 4.78 is 41.7. The molecule has 2 rings (SSSR count). The van der Waals surface area contributed by atoms with Crippen LogP contribution < -0.4 is 4.31 Å². The Bertz CT molecular complexity index is 581. The molecule has 112 valence electrons. The lowest BCUT2D eigenvalue weighted by Crippen LogP contribution is -2.46. The van der Waals surface area contributed by atoms with Gasteiger partial charge in [-0.1, -0.05) is 0 Å². The predicted octanol–water partition coefficient (Wildman–Crippen LogP) is 2.69. The van der Waals surface area contributed by atoms with Crippen LogP contribution in [0.3, 0.4) is 0 Å². The van der Waals surface area contributed by atoms with E-state index in [-0.39, 0.29) is 11.9 Å². The minimum absolute atomic E-state index is 0.217. The van der Waals surface area contributed by atoms with Crippen LogP contribution in [0.25, 0.3) is 0 Å². The van der Waals surface area contributed by atoms with Gasteiger partial charge in [0.1, 0.15) is 5.82 Å². The van der Waals surface area contributed by atoms with Crippen molar-refractivity contribution in [3.63, 3.8) is 0 Å². The summed E-state index contributed by atoms with van der Waals surface area (Å²) in [5.41, 5.74) is 0.968. The highest BCUT2D eigenvalue weighted by molar-refractivity contribution is 7.90. The molecular formula is C14H21FN2O2S. The van der Waals surface area contributed by atoms with E-state index in [0.29, 0.717) is 24.3 Å². The molecule has 0 amide bonds. The Hall–Kier alpha value is -1.14. The monoisotopic (exact) mass is 300 g/mol. The molecule has 1 heterocycles. The van der Waals surface area contributed by atoms with E-state index in [1.807, 2.05) is 13.8 Å². The van der Waals surface area contributed by atoms with Crippen molar-refractivity contribution in [2.24, 2.45) is 0 Å². The van der Waals surface area contributed by atoms with E-state index in [9.17, 15) is 12.8 Å². The molecule has 0 spiro atoms. The Labute approximate surface area is 120 Å². The van der Waals surface area contributed by atoms with Gasteiger partial charge in [-0.05, 0) is 57.4 Å². The van der Waals surface area contributed by atoms with Gasteiger partial charge in [-0.15, -0.1) is 0 Å². The highest BCUT2D eigenvalue weighted by Gasteiger charge is 2.33. The Morgan fingerprint density at radius 2 is 1.85 bits per heavy atom. The number of aryl methyl sites for hydroxylation is 1. The first-order valence-corrected chi connectivity index (χ1v) is 8.29. The van der Waals surface area contributed by atoms with Crippen LogP contribution in [0, 0.1) is 12.7 Å². The van der Waals surface area contributed by atoms with Gasteiger partial charge < -0.3 is 0 Å². The summed E-state index contributed by atoms with van der Waals surface area (Å²) in [5, 5.41) is 0. The molecular weight excluding hydrogens is 279 g/mol. The summed E-state index contributed by atoms with van der Waals surface area (Å²) in [6.07, 6.45) is 1.79. The Morgan fingerprint density at radius 1 is 1.25 bits per heavy atom. The largest absolute Gasteiger partial charge is 0.304 e. The third-order valence-corrected chi connectivity index (χ3v) is 5.65. The average molecular weight is 300 g/mol. The van der Waals surface area contributed by atoms with Crippen LogP contribution in [0.4, 0.5) is 10.1 Å². The summed E-state index contributed by atoms with van der Waals surface area (Å²) in [7, 11) is -3.54.